The highest BCUT2D eigenvalue weighted by Crippen LogP contribution is 2.47. The Labute approximate surface area is 349 Å². The van der Waals surface area contributed by atoms with E-state index in [2.05, 4.69) is 50.8 Å². The minimum Gasteiger partial charge on any atom is -0.494 e. The number of amides is 1. The van der Waals surface area contributed by atoms with Gasteiger partial charge in [0.05, 0.1) is 29.8 Å². The minimum absolute atomic E-state index is 0.00183. The van der Waals surface area contributed by atoms with Crippen LogP contribution in [0.3, 0.4) is 0 Å². The van der Waals surface area contributed by atoms with Crippen LogP contribution >= 0.6 is 0 Å². The molecule has 0 spiro atoms. The van der Waals surface area contributed by atoms with Crippen LogP contribution in [0.15, 0.2) is 31.1 Å². The second kappa shape index (κ2) is 18.5. The Morgan fingerprint density at radius 2 is 1.52 bits per heavy atom. The monoisotopic (exact) mass is 837 g/mol. The van der Waals surface area contributed by atoms with Crippen LogP contribution in [0.25, 0.3) is 22.5 Å². The van der Waals surface area contributed by atoms with Gasteiger partial charge < -0.3 is 33.9 Å². The van der Waals surface area contributed by atoms with Gasteiger partial charge in [-0.3, -0.25) is 4.98 Å². The fourth-order valence-electron chi connectivity index (χ4n) is 8.02. The molecule has 2 saturated heterocycles. The van der Waals surface area contributed by atoms with Crippen molar-refractivity contribution in [2.75, 3.05) is 38.2 Å². The number of carbonyl (C=O) groups is 1. The van der Waals surface area contributed by atoms with Crippen molar-refractivity contribution in [2.45, 2.75) is 161 Å². The quantitative estimate of drug-likeness (QED) is 0.0540. The van der Waals surface area contributed by atoms with Gasteiger partial charge in [-0.1, -0.05) is 65.8 Å². The lowest BCUT2D eigenvalue weighted by Gasteiger charge is -2.40. The molecule has 322 valence electrons. The first-order valence-corrected chi connectivity index (χ1v) is 28.9. The maximum Gasteiger partial charge on any atom is 0.410 e. The SMILES string of the molecule is C=C(OCC)c1c([C@@H]2C[C@H]3CC[C@@H](C2)N3C(=O)OC(C)(C)C)nc2c(-c3ccc(C(O)(CC)CC)nc3)cnn2c1N(COCC[Si](C)(C)C)COCC[Si](C)(C)C. The molecule has 2 fully saturated rings. The Bertz CT molecular complexity index is 1830. The third-order valence-corrected chi connectivity index (χ3v) is 14.9. The third-order valence-electron chi connectivity index (χ3n) is 11.5. The highest BCUT2D eigenvalue weighted by Gasteiger charge is 2.47. The van der Waals surface area contributed by atoms with Crippen LogP contribution in [0.4, 0.5) is 10.6 Å². The zero-order chi connectivity index (χ0) is 42.6. The van der Waals surface area contributed by atoms with Gasteiger partial charge >= 0.3 is 6.09 Å². The fraction of sp³-hybridized carbons (Fsp3) is 0.682. The van der Waals surface area contributed by atoms with Gasteiger partial charge in [0.15, 0.2) is 5.65 Å². The van der Waals surface area contributed by atoms with Gasteiger partial charge in [-0.2, -0.15) is 9.61 Å². The third kappa shape index (κ3) is 11.1. The number of nitrogens with zero attached hydrogens (tertiary/aromatic N) is 6. The van der Waals surface area contributed by atoms with Crippen molar-refractivity contribution >= 4 is 39.5 Å². The first-order valence-electron chi connectivity index (χ1n) is 21.5. The molecule has 0 radical (unpaired) electrons. The first-order chi connectivity index (χ1) is 27.2. The Morgan fingerprint density at radius 1 is 0.931 bits per heavy atom. The van der Waals surface area contributed by atoms with Crippen molar-refractivity contribution in [1.29, 1.82) is 0 Å². The molecule has 3 aromatic heterocycles. The summed E-state index contributed by atoms with van der Waals surface area (Å²) in [5, 5.41) is 16.3. The molecule has 0 aromatic carbocycles. The molecule has 1 amide bonds. The summed E-state index contributed by atoms with van der Waals surface area (Å²) in [5.74, 6) is 1.27. The summed E-state index contributed by atoms with van der Waals surface area (Å²) in [6, 6.07) is 6.03. The van der Waals surface area contributed by atoms with Crippen LogP contribution in [0.5, 0.6) is 0 Å². The molecule has 58 heavy (non-hydrogen) atoms. The molecule has 2 aliphatic rings. The van der Waals surface area contributed by atoms with Gasteiger partial charge in [-0.05, 0) is 84.4 Å². The number of piperidine rings is 1. The van der Waals surface area contributed by atoms with E-state index in [0.717, 1.165) is 66.0 Å². The zero-order valence-corrected chi connectivity index (χ0v) is 39.6. The number of hydrogen-bond acceptors (Lipinski definition) is 10. The van der Waals surface area contributed by atoms with Gasteiger partial charge in [-0.25, -0.2) is 9.78 Å². The molecule has 3 aromatic rings. The summed E-state index contributed by atoms with van der Waals surface area (Å²) >= 11 is 0. The lowest BCUT2D eigenvalue weighted by molar-refractivity contribution is 0.00564. The van der Waals surface area contributed by atoms with Crippen LogP contribution in [0, 0.1) is 0 Å². The van der Waals surface area contributed by atoms with E-state index in [1.54, 1.807) is 0 Å². The van der Waals surface area contributed by atoms with Crippen molar-refractivity contribution in [3.63, 3.8) is 0 Å². The van der Waals surface area contributed by atoms with E-state index >= 15 is 0 Å². The highest BCUT2D eigenvalue weighted by atomic mass is 28.3. The van der Waals surface area contributed by atoms with Gasteiger partial charge in [0.2, 0.25) is 0 Å². The molecule has 3 atom stereocenters. The summed E-state index contributed by atoms with van der Waals surface area (Å²) in [5.41, 5.74) is 3.06. The predicted octanol–water partition coefficient (Wildman–Crippen LogP) is 9.88. The highest BCUT2D eigenvalue weighted by molar-refractivity contribution is 6.76. The number of carbonyl (C=O) groups excluding carboxylic acids is 1. The molecule has 5 rings (SSSR count). The van der Waals surface area contributed by atoms with Crippen molar-refractivity contribution in [2.24, 2.45) is 0 Å². The summed E-state index contributed by atoms with van der Waals surface area (Å²) in [6.45, 7) is 32.6. The number of ether oxygens (including phenoxy) is 4. The minimum atomic E-state index is -1.36. The number of rotatable bonds is 19. The molecule has 1 N–H and O–H groups in total. The number of aliphatic hydroxyl groups is 1. The Hall–Kier alpha value is -3.31. The average molecular weight is 837 g/mol. The lowest BCUT2D eigenvalue weighted by atomic mass is 9.85. The molecule has 0 unspecified atom stereocenters. The van der Waals surface area contributed by atoms with E-state index in [9.17, 15) is 9.90 Å². The lowest BCUT2D eigenvalue weighted by Crippen LogP contribution is -2.48. The molecule has 14 heteroatoms. The smallest absolute Gasteiger partial charge is 0.410 e. The van der Waals surface area contributed by atoms with Crippen LogP contribution in [-0.4, -0.2) is 103 Å². The topological polar surface area (TPSA) is 124 Å². The predicted molar refractivity (Wildman–Crippen MR) is 239 cm³/mol. The largest absolute Gasteiger partial charge is 0.494 e. The normalized spacial score (nSPS) is 18.8. The summed E-state index contributed by atoms with van der Waals surface area (Å²) in [7, 11) is -2.71. The van der Waals surface area contributed by atoms with Gasteiger partial charge in [0, 0.05) is 64.7 Å². The Kier molecular flexibility index (Phi) is 14.6. The average Bonchev–Trinajstić information content (AvgIpc) is 3.69. The maximum atomic E-state index is 13.6. The number of anilines is 1. The molecule has 0 aliphatic carbocycles. The second-order valence-corrected chi connectivity index (χ2v) is 30.9. The van der Waals surface area contributed by atoms with Crippen molar-refractivity contribution in [3.8, 4) is 11.1 Å². The molecule has 5 heterocycles. The molecule has 0 saturated carbocycles. The van der Waals surface area contributed by atoms with E-state index in [1.165, 1.54) is 0 Å². The van der Waals surface area contributed by atoms with Crippen LogP contribution in [0.2, 0.25) is 51.4 Å². The first kappa shape index (κ1) is 45.8. The number of aromatic nitrogens is 4. The van der Waals surface area contributed by atoms with Gasteiger partial charge in [-0.15, -0.1) is 0 Å². The number of fused-ring (bicyclic) bond motifs is 3. The van der Waals surface area contributed by atoms with Crippen LogP contribution in [-0.2, 0) is 24.5 Å². The summed E-state index contributed by atoms with van der Waals surface area (Å²) < 4.78 is 27.1. The molecule has 2 aliphatic heterocycles. The number of pyridine rings is 1. The Balaban J connectivity index is 1.68. The van der Waals surface area contributed by atoms with Crippen LogP contribution < -0.4 is 4.90 Å². The van der Waals surface area contributed by atoms with Gasteiger partial charge in [0.1, 0.15) is 36.2 Å². The van der Waals surface area contributed by atoms with Crippen molar-refractivity contribution in [1.82, 2.24) is 24.5 Å². The fourth-order valence-corrected chi connectivity index (χ4v) is 9.53. The summed E-state index contributed by atoms with van der Waals surface area (Å²) in [4.78, 5) is 27.9. The van der Waals surface area contributed by atoms with Gasteiger partial charge in [0.25, 0.3) is 0 Å². The molecule has 2 bridgehead atoms. The van der Waals surface area contributed by atoms with E-state index in [4.69, 9.17) is 34.0 Å². The Morgan fingerprint density at radius 3 is 2.00 bits per heavy atom. The van der Waals surface area contributed by atoms with Crippen LogP contribution in [0.1, 0.15) is 103 Å². The van der Waals surface area contributed by atoms with E-state index in [-0.39, 0.29) is 37.6 Å². The molecular formula is C44H72N6O6Si2. The van der Waals surface area contributed by atoms with E-state index in [0.29, 0.717) is 49.8 Å². The van der Waals surface area contributed by atoms with Crippen molar-refractivity contribution < 1.29 is 28.8 Å². The number of hydrogen-bond donors (Lipinski definition) is 1. The van der Waals surface area contributed by atoms with E-state index < -0.39 is 27.3 Å². The maximum absolute atomic E-state index is 13.6. The van der Waals surface area contributed by atoms with E-state index in [1.807, 2.05) is 75.5 Å². The van der Waals surface area contributed by atoms with Crippen molar-refractivity contribution in [3.05, 3.63) is 48.1 Å². The standard InChI is InChI=1S/C44H72N6O6Si2/c1-14-44(52,15-2)37-20-17-32(27-45-37)36-28-46-50-40(36)47-39(33-25-34-18-19-35(26-33)49(34)42(51)56-43(5,6)7)38(31(4)55-16-3)41(50)48(29-53-21-23-57(8,9)10)30-54-22-24-58(11,12)13/h17,20,27-28,33-35,52H,4,14-16,18-19,21-26,29-30H2,1-3,5-13H3/t33-,34-,35+. The second-order valence-electron chi connectivity index (χ2n) is 19.7. The molecular weight excluding hydrogens is 765 g/mol. The molecule has 12 nitrogen and oxygen atoms in total. The summed E-state index contributed by atoms with van der Waals surface area (Å²) in [6.07, 6.45) is 7.84. The zero-order valence-electron chi connectivity index (χ0n) is 37.6.